The molecule has 0 fully saturated rings. The Bertz CT molecular complexity index is 346. The first-order chi connectivity index (χ1) is 7.38. The summed E-state index contributed by atoms with van der Waals surface area (Å²) in [4.78, 5) is 0. The molecular formula is C11H13F4N. The van der Waals surface area contributed by atoms with Crippen LogP contribution in [-0.2, 0) is 6.54 Å². The van der Waals surface area contributed by atoms with Crippen molar-refractivity contribution in [1.29, 1.82) is 0 Å². The Hall–Kier alpha value is -1.10. The Labute approximate surface area is 91.5 Å². The summed E-state index contributed by atoms with van der Waals surface area (Å²) < 4.78 is 48.3. The molecule has 0 aromatic heterocycles. The predicted molar refractivity (Wildman–Crippen MR) is 53.5 cm³/mol. The molecule has 1 rings (SSSR count). The van der Waals surface area contributed by atoms with Gasteiger partial charge in [0.25, 0.3) is 0 Å². The standard InChI is InChI=1S/C11H13F4N/c1-8-6-9(2-3-10(8)12)7-16-5-4-11(13,14)15/h2-3,6,16H,4-5,7H2,1H3. The molecule has 0 atom stereocenters. The van der Waals surface area contributed by atoms with Crippen LogP contribution in [-0.4, -0.2) is 12.7 Å². The highest BCUT2D eigenvalue weighted by atomic mass is 19.4. The predicted octanol–water partition coefficient (Wildman–Crippen LogP) is 3.18. The molecule has 0 aliphatic heterocycles. The lowest BCUT2D eigenvalue weighted by Crippen LogP contribution is -2.21. The molecule has 1 aromatic carbocycles. The van der Waals surface area contributed by atoms with Crippen molar-refractivity contribution in [3.63, 3.8) is 0 Å². The van der Waals surface area contributed by atoms with Crippen molar-refractivity contribution in [2.45, 2.75) is 26.1 Å². The maximum absolute atomic E-state index is 12.9. The third-order valence-corrected chi connectivity index (χ3v) is 2.14. The first kappa shape index (κ1) is 13.0. The van der Waals surface area contributed by atoms with Gasteiger partial charge < -0.3 is 5.32 Å². The van der Waals surface area contributed by atoms with Crippen LogP contribution in [0.4, 0.5) is 17.6 Å². The van der Waals surface area contributed by atoms with E-state index in [1.807, 2.05) is 0 Å². The fourth-order valence-corrected chi connectivity index (χ4v) is 1.28. The number of halogens is 4. The fourth-order valence-electron chi connectivity index (χ4n) is 1.28. The third kappa shape index (κ3) is 4.61. The van der Waals surface area contributed by atoms with E-state index in [9.17, 15) is 17.6 Å². The lowest BCUT2D eigenvalue weighted by Gasteiger charge is -2.08. The van der Waals surface area contributed by atoms with Gasteiger partial charge in [0.2, 0.25) is 0 Å². The molecule has 0 bridgehead atoms. The van der Waals surface area contributed by atoms with Gasteiger partial charge in [0.15, 0.2) is 0 Å². The number of rotatable bonds is 4. The van der Waals surface area contributed by atoms with Gasteiger partial charge >= 0.3 is 6.18 Å². The molecule has 0 saturated heterocycles. The van der Waals surface area contributed by atoms with E-state index in [-0.39, 0.29) is 12.4 Å². The summed E-state index contributed by atoms with van der Waals surface area (Å²) in [5, 5.41) is 2.66. The molecule has 0 aliphatic rings. The van der Waals surface area contributed by atoms with Crippen LogP contribution in [0.1, 0.15) is 17.5 Å². The maximum atomic E-state index is 12.9. The van der Waals surface area contributed by atoms with Crippen LogP contribution in [0.15, 0.2) is 18.2 Å². The van der Waals surface area contributed by atoms with Gasteiger partial charge in [-0.1, -0.05) is 12.1 Å². The van der Waals surface area contributed by atoms with E-state index in [1.165, 1.54) is 6.07 Å². The first-order valence-electron chi connectivity index (χ1n) is 4.91. The van der Waals surface area contributed by atoms with Crippen LogP contribution in [0.5, 0.6) is 0 Å². The highest BCUT2D eigenvalue weighted by Gasteiger charge is 2.25. The minimum Gasteiger partial charge on any atom is -0.312 e. The normalized spacial score (nSPS) is 11.8. The number of benzene rings is 1. The molecule has 0 aliphatic carbocycles. The number of alkyl halides is 3. The van der Waals surface area contributed by atoms with E-state index in [4.69, 9.17) is 0 Å². The van der Waals surface area contributed by atoms with E-state index in [1.54, 1.807) is 19.1 Å². The highest BCUT2D eigenvalue weighted by molar-refractivity contribution is 5.23. The van der Waals surface area contributed by atoms with Gasteiger partial charge in [-0.3, -0.25) is 0 Å². The largest absolute Gasteiger partial charge is 0.390 e. The SMILES string of the molecule is Cc1cc(CNCCC(F)(F)F)ccc1F. The summed E-state index contributed by atoms with van der Waals surface area (Å²) in [5.74, 6) is -0.306. The summed E-state index contributed by atoms with van der Waals surface area (Å²) in [6, 6.07) is 4.49. The quantitative estimate of drug-likeness (QED) is 0.624. The Kier molecular flexibility index (Phi) is 4.29. The molecule has 16 heavy (non-hydrogen) atoms. The second kappa shape index (κ2) is 5.30. The Morgan fingerprint density at radius 1 is 1.25 bits per heavy atom. The molecule has 0 amide bonds. The topological polar surface area (TPSA) is 12.0 Å². The lowest BCUT2D eigenvalue weighted by molar-refractivity contribution is -0.133. The van der Waals surface area contributed by atoms with Crippen LogP contribution in [0.2, 0.25) is 0 Å². The average molecular weight is 235 g/mol. The van der Waals surface area contributed by atoms with Crippen molar-refractivity contribution in [3.8, 4) is 0 Å². The minimum absolute atomic E-state index is 0.125. The van der Waals surface area contributed by atoms with Crippen molar-refractivity contribution in [2.24, 2.45) is 0 Å². The van der Waals surface area contributed by atoms with E-state index in [0.29, 0.717) is 12.1 Å². The molecule has 0 unspecified atom stereocenters. The average Bonchev–Trinajstić information content (AvgIpc) is 2.17. The first-order valence-corrected chi connectivity index (χ1v) is 4.91. The van der Waals surface area contributed by atoms with Gasteiger partial charge in [0.1, 0.15) is 5.82 Å². The molecule has 1 N–H and O–H groups in total. The van der Waals surface area contributed by atoms with Crippen molar-refractivity contribution in [2.75, 3.05) is 6.54 Å². The Morgan fingerprint density at radius 2 is 1.94 bits per heavy atom. The summed E-state index contributed by atoms with van der Waals surface area (Å²) in [5.41, 5.74) is 1.27. The molecule has 0 radical (unpaired) electrons. The molecular weight excluding hydrogens is 222 g/mol. The molecule has 1 aromatic rings. The van der Waals surface area contributed by atoms with Crippen LogP contribution in [0.3, 0.4) is 0 Å². The summed E-state index contributed by atoms with van der Waals surface area (Å²) in [6.45, 7) is 1.81. The minimum atomic E-state index is -4.13. The zero-order valence-corrected chi connectivity index (χ0v) is 8.87. The molecule has 0 spiro atoms. The molecule has 0 saturated carbocycles. The third-order valence-electron chi connectivity index (χ3n) is 2.14. The molecule has 5 heteroatoms. The number of nitrogens with one attached hydrogen (secondary N) is 1. The van der Waals surface area contributed by atoms with Crippen molar-refractivity contribution < 1.29 is 17.6 Å². The van der Waals surface area contributed by atoms with Crippen LogP contribution < -0.4 is 5.32 Å². The van der Waals surface area contributed by atoms with E-state index < -0.39 is 12.6 Å². The lowest BCUT2D eigenvalue weighted by atomic mass is 10.1. The van der Waals surface area contributed by atoms with Gasteiger partial charge in [-0.25, -0.2) is 4.39 Å². The van der Waals surface area contributed by atoms with Crippen LogP contribution in [0.25, 0.3) is 0 Å². The summed E-state index contributed by atoms with van der Waals surface area (Å²) >= 11 is 0. The zero-order valence-electron chi connectivity index (χ0n) is 8.87. The monoisotopic (exact) mass is 235 g/mol. The second-order valence-electron chi connectivity index (χ2n) is 3.63. The fraction of sp³-hybridized carbons (Fsp3) is 0.455. The van der Waals surface area contributed by atoms with E-state index in [2.05, 4.69) is 5.32 Å². The van der Waals surface area contributed by atoms with Gasteiger partial charge in [-0.2, -0.15) is 13.2 Å². The van der Waals surface area contributed by atoms with Crippen LogP contribution >= 0.6 is 0 Å². The van der Waals surface area contributed by atoms with Gasteiger partial charge in [-0.05, 0) is 24.1 Å². The zero-order chi connectivity index (χ0) is 12.2. The van der Waals surface area contributed by atoms with Crippen molar-refractivity contribution in [1.82, 2.24) is 5.32 Å². The van der Waals surface area contributed by atoms with Crippen molar-refractivity contribution >= 4 is 0 Å². The van der Waals surface area contributed by atoms with E-state index in [0.717, 1.165) is 5.56 Å². The highest BCUT2D eigenvalue weighted by Crippen LogP contribution is 2.18. The molecule has 1 nitrogen and oxygen atoms in total. The summed E-state index contributed by atoms with van der Waals surface area (Å²) in [7, 11) is 0. The van der Waals surface area contributed by atoms with Gasteiger partial charge in [0.05, 0.1) is 6.42 Å². The van der Waals surface area contributed by atoms with Crippen molar-refractivity contribution in [3.05, 3.63) is 35.1 Å². The Morgan fingerprint density at radius 3 is 2.50 bits per heavy atom. The second-order valence-corrected chi connectivity index (χ2v) is 3.63. The smallest absolute Gasteiger partial charge is 0.312 e. The number of aryl methyl sites for hydroxylation is 1. The van der Waals surface area contributed by atoms with Crippen LogP contribution in [0, 0.1) is 12.7 Å². The number of hydrogen-bond acceptors (Lipinski definition) is 1. The Balaban J connectivity index is 2.35. The maximum Gasteiger partial charge on any atom is 0.390 e. The molecule has 0 heterocycles. The molecule has 90 valence electrons. The van der Waals surface area contributed by atoms with E-state index >= 15 is 0 Å². The van der Waals surface area contributed by atoms with Gasteiger partial charge in [0, 0.05) is 13.1 Å². The number of hydrogen-bond donors (Lipinski definition) is 1. The summed E-state index contributed by atoms with van der Waals surface area (Å²) in [6.07, 6.45) is -4.99. The van der Waals surface area contributed by atoms with Gasteiger partial charge in [-0.15, -0.1) is 0 Å².